The number of thioether (sulfide) groups is 1. The number of ether oxygens (including phenoxy) is 1. The molecule has 0 bridgehead atoms. The highest BCUT2D eigenvalue weighted by Crippen LogP contribution is 2.46. The quantitative estimate of drug-likeness (QED) is 0.401. The maximum absolute atomic E-state index is 5.38. The lowest BCUT2D eigenvalue weighted by atomic mass is 10.1. The maximum Gasteiger partial charge on any atom is 0.213 e. The number of hydrogen-bond acceptors (Lipinski definition) is 3. The number of fused-ring (bicyclic) bond motifs is 2. The molecule has 0 saturated carbocycles. The molecule has 0 amide bonds. The minimum Gasteiger partial charge on any atom is -1.00 e. The zero-order chi connectivity index (χ0) is 19.0. The van der Waals surface area contributed by atoms with Gasteiger partial charge < -0.3 is 33.6 Å². The van der Waals surface area contributed by atoms with Gasteiger partial charge in [-0.25, -0.2) is 0 Å². The molecule has 0 unspecified atom stereocenters. The van der Waals surface area contributed by atoms with E-state index in [0.717, 1.165) is 18.8 Å². The first-order chi connectivity index (χ1) is 13.1. The third-order valence-corrected chi connectivity index (χ3v) is 6.16. The number of rotatable bonds is 4. The van der Waals surface area contributed by atoms with E-state index in [1.807, 2.05) is 17.8 Å². The van der Waals surface area contributed by atoms with E-state index in [1.54, 1.807) is 7.11 Å². The molecule has 0 atom stereocenters. The van der Waals surface area contributed by atoms with Crippen LogP contribution in [-0.2, 0) is 6.54 Å². The topological polar surface area (TPSA) is 16.4 Å². The molecule has 0 fully saturated rings. The smallest absolute Gasteiger partial charge is 0.213 e. The Morgan fingerprint density at radius 3 is 2.61 bits per heavy atom. The first-order valence-electron chi connectivity index (χ1n) is 9.43. The average Bonchev–Trinajstić information content (AvgIpc) is 3.03. The van der Waals surface area contributed by atoms with E-state index in [9.17, 15) is 0 Å². The van der Waals surface area contributed by atoms with Gasteiger partial charge in [0.25, 0.3) is 0 Å². The number of methoxy groups -OCH3 is 1. The minimum atomic E-state index is 0. The van der Waals surface area contributed by atoms with E-state index in [4.69, 9.17) is 4.74 Å². The molecule has 0 radical (unpaired) electrons. The van der Waals surface area contributed by atoms with Crippen LogP contribution in [0.4, 0.5) is 5.69 Å². The Bertz CT molecular complexity index is 1050. The van der Waals surface area contributed by atoms with Crippen LogP contribution < -0.4 is 38.2 Å². The van der Waals surface area contributed by atoms with Crippen LogP contribution in [-0.4, -0.2) is 13.7 Å². The SMILES string of the molecule is CCN1/C(=C/c2ccc3cc(OC)ccc3[n+]2CC)Sc2cc(C)ccc21.[I-]. The van der Waals surface area contributed by atoms with Crippen molar-refractivity contribution < 1.29 is 33.3 Å². The van der Waals surface area contributed by atoms with Gasteiger partial charge in [0, 0.05) is 29.6 Å². The molecule has 3 nitrogen and oxygen atoms in total. The summed E-state index contributed by atoms with van der Waals surface area (Å²) < 4.78 is 7.74. The summed E-state index contributed by atoms with van der Waals surface area (Å²) in [7, 11) is 1.71. The second-order valence-corrected chi connectivity index (χ2v) is 7.79. The monoisotopic (exact) mass is 504 g/mol. The van der Waals surface area contributed by atoms with Crippen molar-refractivity contribution in [3.8, 4) is 5.75 Å². The Morgan fingerprint density at radius 2 is 1.89 bits per heavy atom. The van der Waals surface area contributed by atoms with E-state index in [2.05, 4.69) is 78.8 Å². The zero-order valence-electron chi connectivity index (χ0n) is 16.7. The molecule has 28 heavy (non-hydrogen) atoms. The number of hydrogen-bond donors (Lipinski definition) is 0. The number of nitrogens with zero attached hydrogens (tertiary/aromatic N) is 2. The van der Waals surface area contributed by atoms with Gasteiger partial charge in [-0.2, -0.15) is 4.57 Å². The van der Waals surface area contributed by atoms with Crippen molar-refractivity contribution in [3.63, 3.8) is 0 Å². The average molecular weight is 504 g/mol. The fraction of sp³-hybridized carbons (Fsp3) is 0.261. The van der Waals surface area contributed by atoms with Crippen molar-refractivity contribution in [1.82, 2.24) is 0 Å². The standard InChI is InChI=1S/C23H25N2OS.HI/c1-5-24-18(9-8-17-14-19(26-4)10-12-20(17)24)15-23-25(6-2)21-11-7-16(3)13-22(21)27-23;/h7-15H,5-6H2,1-4H3;1H/q+1;/p-1. The Labute approximate surface area is 188 Å². The fourth-order valence-corrected chi connectivity index (χ4v) is 4.96. The van der Waals surface area contributed by atoms with E-state index >= 15 is 0 Å². The van der Waals surface area contributed by atoms with Gasteiger partial charge in [-0.3, -0.25) is 0 Å². The van der Waals surface area contributed by atoms with Gasteiger partial charge in [0.15, 0.2) is 0 Å². The number of benzene rings is 2. The lowest BCUT2D eigenvalue weighted by molar-refractivity contribution is -0.669. The van der Waals surface area contributed by atoms with Gasteiger partial charge in [-0.05, 0) is 56.7 Å². The van der Waals surface area contributed by atoms with Gasteiger partial charge in [0.1, 0.15) is 12.3 Å². The van der Waals surface area contributed by atoms with Gasteiger partial charge in [-0.1, -0.05) is 17.8 Å². The van der Waals surface area contributed by atoms with Crippen LogP contribution in [0.3, 0.4) is 0 Å². The van der Waals surface area contributed by atoms with Crippen molar-refractivity contribution in [2.75, 3.05) is 18.6 Å². The highest BCUT2D eigenvalue weighted by molar-refractivity contribution is 8.03. The van der Waals surface area contributed by atoms with Crippen LogP contribution >= 0.6 is 11.8 Å². The summed E-state index contributed by atoms with van der Waals surface area (Å²) in [5.74, 6) is 0.894. The molecule has 0 N–H and O–H groups in total. The molecule has 0 saturated heterocycles. The third-order valence-electron chi connectivity index (χ3n) is 5.06. The molecule has 5 heteroatoms. The Morgan fingerprint density at radius 1 is 1.07 bits per heavy atom. The molecule has 4 rings (SSSR count). The van der Waals surface area contributed by atoms with Gasteiger partial charge >= 0.3 is 0 Å². The van der Waals surface area contributed by atoms with Crippen molar-refractivity contribution in [1.29, 1.82) is 0 Å². The molecule has 1 aliphatic rings. The van der Waals surface area contributed by atoms with Crippen LogP contribution in [0.1, 0.15) is 25.1 Å². The number of anilines is 1. The summed E-state index contributed by atoms with van der Waals surface area (Å²) in [5.41, 5.74) is 5.07. The van der Waals surface area contributed by atoms with E-state index in [1.165, 1.54) is 37.8 Å². The third kappa shape index (κ3) is 3.74. The predicted molar refractivity (Wildman–Crippen MR) is 114 cm³/mol. The normalized spacial score (nSPS) is 14.3. The molecule has 1 aliphatic heterocycles. The first-order valence-corrected chi connectivity index (χ1v) is 10.2. The molecule has 0 spiro atoms. The molecule has 3 aromatic rings. The zero-order valence-corrected chi connectivity index (χ0v) is 19.7. The van der Waals surface area contributed by atoms with Crippen LogP contribution in [0.25, 0.3) is 17.0 Å². The lowest BCUT2D eigenvalue weighted by Gasteiger charge is -2.17. The Balaban J connectivity index is 0.00000225. The summed E-state index contributed by atoms with van der Waals surface area (Å²) in [4.78, 5) is 3.74. The molecule has 1 aromatic heterocycles. The summed E-state index contributed by atoms with van der Waals surface area (Å²) in [6.45, 7) is 8.45. The number of pyridine rings is 1. The Hall–Kier alpha value is -1.73. The Kier molecular flexibility index (Phi) is 6.55. The van der Waals surface area contributed by atoms with Crippen molar-refractivity contribution in [3.05, 3.63) is 64.8 Å². The van der Waals surface area contributed by atoms with Gasteiger partial charge in [0.05, 0.1) is 23.2 Å². The minimum absolute atomic E-state index is 0. The summed E-state index contributed by atoms with van der Waals surface area (Å²) >= 11 is 1.86. The summed E-state index contributed by atoms with van der Waals surface area (Å²) in [6.07, 6.45) is 2.32. The number of aromatic nitrogens is 1. The summed E-state index contributed by atoms with van der Waals surface area (Å²) in [6, 6.07) is 17.4. The summed E-state index contributed by atoms with van der Waals surface area (Å²) in [5, 5.41) is 2.48. The predicted octanol–water partition coefficient (Wildman–Crippen LogP) is 2.40. The molecule has 2 aromatic carbocycles. The molecule has 146 valence electrons. The maximum atomic E-state index is 5.38. The van der Waals surface area contributed by atoms with Crippen LogP contribution in [0, 0.1) is 6.92 Å². The van der Waals surface area contributed by atoms with Gasteiger partial charge in [0.2, 0.25) is 11.2 Å². The largest absolute Gasteiger partial charge is 1.00 e. The second kappa shape index (κ2) is 8.74. The molecular weight excluding hydrogens is 479 g/mol. The van der Waals surface area contributed by atoms with Crippen LogP contribution in [0.2, 0.25) is 0 Å². The van der Waals surface area contributed by atoms with Crippen molar-refractivity contribution >= 4 is 34.4 Å². The fourth-order valence-electron chi connectivity index (χ4n) is 3.69. The number of aryl methyl sites for hydroxylation is 2. The molecule has 0 aliphatic carbocycles. The van der Waals surface area contributed by atoms with E-state index in [-0.39, 0.29) is 24.0 Å². The van der Waals surface area contributed by atoms with Crippen molar-refractivity contribution in [2.24, 2.45) is 0 Å². The molecule has 2 heterocycles. The highest BCUT2D eigenvalue weighted by atomic mass is 127. The van der Waals surface area contributed by atoms with Crippen LogP contribution in [0.5, 0.6) is 5.75 Å². The first kappa shape index (κ1) is 21.0. The highest BCUT2D eigenvalue weighted by Gasteiger charge is 2.25. The second-order valence-electron chi connectivity index (χ2n) is 6.73. The van der Waals surface area contributed by atoms with E-state index < -0.39 is 0 Å². The van der Waals surface area contributed by atoms with Crippen LogP contribution in [0.15, 0.2) is 58.5 Å². The van der Waals surface area contributed by atoms with Crippen molar-refractivity contribution in [2.45, 2.75) is 32.2 Å². The molecular formula is C23H25IN2OS. The van der Waals surface area contributed by atoms with E-state index in [0.29, 0.717) is 0 Å². The number of halogens is 1. The lowest BCUT2D eigenvalue weighted by Crippen LogP contribution is -3.00. The van der Waals surface area contributed by atoms with Gasteiger partial charge in [-0.15, -0.1) is 0 Å².